The van der Waals surface area contributed by atoms with Crippen molar-refractivity contribution in [2.24, 2.45) is 5.73 Å². The van der Waals surface area contributed by atoms with Crippen LogP contribution in [0.3, 0.4) is 0 Å². The standard InChI is InChI=1S/C26H30FN3O2/c1-19(31)21-8-9-23-17-24(11-10-22(23)16-21)29(2)18-26(32)30(14-5-13-28)15-12-20-6-3-4-7-25(20)27/h3-4,6-11,16-17H,5,12-15,18,28H2,1-2H3. The normalized spacial score (nSPS) is 10.9. The summed E-state index contributed by atoms with van der Waals surface area (Å²) in [5, 5.41) is 1.99. The molecule has 0 spiro atoms. The molecule has 0 aliphatic rings. The second-order valence-corrected chi connectivity index (χ2v) is 8.02. The zero-order valence-corrected chi connectivity index (χ0v) is 18.7. The number of nitrogens with two attached hydrogens (primary N) is 1. The monoisotopic (exact) mass is 435 g/mol. The van der Waals surface area contributed by atoms with Gasteiger partial charge in [0.15, 0.2) is 5.78 Å². The maximum absolute atomic E-state index is 14.0. The van der Waals surface area contributed by atoms with Crippen LogP contribution in [0.1, 0.15) is 29.3 Å². The Hall–Kier alpha value is -3.25. The molecule has 0 aromatic heterocycles. The third kappa shape index (κ3) is 5.92. The molecule has 0 aliphatic carbocycles. The van der Waals surface area contributed by atoms with Gasteiger partial charge in [0, 0.05) is 31.4 Å². The molecule has 0 unspecified atom stereocenters. The minimum absolute atomic E-state index is 0.0238. The van der Waals surface area contributed by atoms with Gasteiger partial charge < -0.3 is 15.5 Å². The van der Waals surface area contributed by atoms with E-state index in [9.17, 15) is 14.0 Å². The van der Waals surface area contributed by atoms with Gasteiger partial charge in [-0.15, -0.1) is 0 Å². The molecule has 0 saturated carbocycles. The van der Waals surface area contributed by atoms with Gasteiger partial charge in [-0.1, -0.05) is 36.4 Å². The van der Waals surface area contributed by atoms with E-state index in [1.165, 1.54) is 6.07 Å². The Morgan fingerprint density at radius 3 is 2.41 bits per heavy atom. The van der Waals surface area contributed by atoms with Gasteiger partial charge in [-0.2, -0.15) is 0 Å². The second-order valence-electron chi connectivity index (χ2n) is 8.02. The Morgan fingerprint density at radius 1 is 0.969 bits per heavy atom. The number of carbonyl (C=O) groups excluding carboxylic acids is 2. The molecule has 6 heteroatoms. The highest BCUT2D eigenvalue weighted by Gasteiger charge is 2.17. The maximum Gasteiger partial charge on any atom is 0.242 e. The smallest absolute Gasteiger partial charge is 0.242 e. The molecule has 2 N–H and O–H groups in total. The van der Waals surface area contributed by atoms with Crippen molar-refractivity contribution in [1.29, 1.82) is 0 Å². The van der Waals surface area contributed by atoms with E-state index in [-0.39, 0.29) is 24.1 Å². The first-order chi connectivity index (χ1) is 15.4. The summed E-state index contributed by atoms with van der Waals surface area (Å²) in [6, 6.07) is 18.2. The zero-order valence-electron chi connectivity index (χ0n) is 18.7. The third-order valence-electron chi connectivity index (χ3n) is 5.64. The summed E-state index contributed by atoms with van der Waals surface area (Å²) >= 11 is 0. The lowest BCUT2D eigenvalue weighted by Crippen LogP contribution is -2.41. The Labute approximate surface area is 188 Å². The number of Topliss-reactive ketones (excluding diaryl/α,β-unsaturated/α-hetero) is 1. The highest BCUT2D eigenvalue weighted by Crippen LogP contribution is 2.23. The van der Waals surface area contributed by atoms with Crippen molar-refractivity contribution in [2.75, 3.05) is 38.1 Å². The Balaban J connectivity index is 1.69. The number of nitrogens with zero attached hydrogens (tertiary/aromatic N) is 2. The third-order valence-corrected chi connectivity index (χ3v) is 5.64. The van der Waals surface area contributed by atoms with Gasteiger partial charge in [0.1, 0.15) is 5.82 Å². The summed E-state index contributed by atoms with van der Waals surface area (Å²) in [7, 11) is 1.88. The van der Waals surface area contributed by atoms with Crippen LogP contribution in [-0.4, -0.2) is 49.8 Å². The number of anilines is 1. The predicted octanol–water partition coefficient (Wildman–Crippen LogP) is 4.04. The number of carbonyl (C=O) groups is 2. The predicted molar refractivity (Wildman–Crippen MR) is 128 cm³/mol. The molecule has 0 bridgehead atoms. The van der Waals surface area contributed by atoms with Gasteiger partial charge in [0.2, 0.25) is 5.91 Å². The quantitative estimate of drug-likeness (QED) is 0.488. The molecule has 5 nitrogen and oxygen atoms in total. The van der Waals surface area contributed by atoms with E-state index in [1.807, 2.05) is 48.3 Å². The topological polar surface area (TPSA) is 66.6 Å². The fourth-order valence-electron chi connectivity index (χ4n) is 3.68. The van der Waals surface area contributed by atoms with E-state index < -0.39 is 0 Å². The van der Waals surface area contributed by atoms with Gasteiger partial charge in [-0.05, 0) is 66.9 Å². The van der Waals surface area contributed by atoms with Crippen LogP contribution in [0.5, 0.6) is 0 Å². The van der Waals surface area contributed by atoms with Gasteiger partial charge in [-0.3, -0.25) is 9.59 Å². The van der Waals surface area contributed by atoms with Gasteiger partial charge in [0.05, 0.1) is 6.54 Å². The number of fused-ring (bicyclic) bond motifs is 1. The molecule has 3 aromatic carbocycles. The van der Waals surface area contributed by atoms with E-state index >= 15 is 0 Å². The average molecular weight is 436 g/mol. The van der Waals surface area contributed by atoms with Crippen molar-refractivity contribution in [2.45, 2.75) is 19.8 Å². The van der Waals surface area contributed by atoms with Crippen LogP contribution >= 0.6 is 0 Å². The maximum atomic E-state index is 14.0. The summed E-state index contributed by atoms with van der Waals surface area (Å²) in [6.45, 7) is 3.24. The molecular formula is C26H30FN3O2. The van der Waals surface area contributed by atoms with Crippen molar-refractivity contribution >= 4 is 28.2 Å². The number of rotatable bonds is 10. The number of halogens is 1. The molecule has 168 valence electrons. The van der Waals surface area contributed by atoms with Crippen molar-refractivity contribution in [3.05, 3.63) is 77.6 Å². The molecule has 3 aromatic rings. The van der Waals surface area contributed by atoms with E-state index in [4.69, 9.17) is 5.73 Å². The van der Waals surface area contributed by atoms with E-state index in [0.717, 1.165) is 16.5 Å². The Bertz CT molecular complexity index is 1100. The lowest BCUT2D eigenvalue weighted by molar-refractivity contribution is -0.129. The Kier molecular flexibility index (Phi) is 7.95. The van der Waals surface area contributed by atoms with Crippen LogP contribution < -0.4 is 10.6 Å². The highest BCUT2D eigenvalue weighted by molar-refractivity contribution is 5.99. The summed E-state index contributed by atoms with van der Waals surface area (Å²) < 4.78 is 14.0. The van der Waals surface area contributed by atoms with Gasteiger partial charge >= 0.3 is 0 Å². The van der Waals surface area contributed by atoms with Crippen LogP contribution in [0.2, 0.25) is 0 Å². The summed E-state index contributed by atoms with van der Waals surface area (Å²) in [5.74, 6) is -0.240. The van der Waals surface area contributed by atoms with Crippen LogP contribution in [0.15, 0.2) is 60.7 Å². The van der Waals surface area contributed by atoms with E-state index in [2.05, 4.69) is 0 Å². The number of amides is 1. The van der Waals surface area contributed by atoms with E-state index in [1.54, 1.807) is 30.0 Å². The molecule has 0 radical (unpaired) electrons. The molecule has 0 aliphatic heterocycles. The zero-order chi connectivity index (χ0) is 23.1. The number of hydrogen-bond acceptors (Lipinski definition) is 4. The van der Waals surface area contributed by atoms with Crippen LogP contribution in [0, 0.1) is 5.82 Å². The van der Waals surface area contributed by atoms with Gasteiger partial charge in [-0.25, -0.2) is 4.39 Å². The van der Waals surface area contributed by atoms with Crippen molar-refractivity contribution < 1.29 is 14.0 Å². The van der Waals surface area contributed by atoms with Crippen LogP contribution in [0.25, 0.3) is 10.8 Å². The second kappa shape index (κ2) is 10.9. The van der Waals surface area contributed by atoms with Crippen LogP contribution in [0.4, 0.5) is 10.1 Å². The fourth-order valence-corrected chi connectivity index (χ4v) is 3.68. The van der Waals surface area contributed by atoms with Crippen molar-refractivity contribution in [1.82, 2.24) is 4.90 Å². The largest absolute Gasteiger partial charge is 0.365 e. The average Bonchev–Trinajstić information content (AvgIpc) is 2.79. The fraction of sp³-hybridized carbons (Fsp3) is 0.308. The number of likely N-dealkylation sites (N-methyl/N-ethyl adjacent to an activating group) is 1. The lowest BCUT2D eigenvalue weighted by atomic mass is 10.0. The van der Waals surface area contributed by atoms with Crippen molar-refractivity contribution in [3.8, 4) is 0 Å². The highest BCUT2D eigenvalue weighted by atomic mass is 19.1. The molecule has 0 fully saturated rings. The molecule has 0 heterocycles. The Morgan fingerprint density at radius 2 is 1.69 bits per heavy atom. The molecule has 0 saturated heterocycles. The minimum Gasteiger partial charge on any atom is -0.365 e. The molecule has 3 rings (SSSR count). The van der Waals surface area contributed by atoms with Crippen molar-refractivity contribution in [3.63, 3.8) is 0 Å². The van der Waals surface area contributed by atoms with Gasteiger partial charge in [0.25, 0.3) is 0 Å². The first kappa shape index (κ1) is 23.4. The number of ketones is 1. The molecule has 0 atom stereocenters. The van der Waals surface area contributed by atoms with E-state index in [0.29, 0.717) is 43.6 Å². The summed E-state index contributed by atoms with van der Waals surface area (Å²) in [5.41, 5.74) is 7.85. The molecular weight excluding hydrogens is 405 g/mol. The summed E-state index contributed by atoms with van der Waals surface area (Å²) in [4.78, 5) is 28.3. The first-order valence-corrected chi connectivity index (χ1v) is 10.9. The minimum atomic E-state index is -0.250. The molecule has 1 amide bonds. The number of hydrogen-bond donors (Lipinski definition) is 1. The first-order valence-electron chi connectivity index (χ1n) is 10.9. The SMILES string of the molecule is CC(=O)c1ccc2cc(N(C)CC(=O)N(CCCN)CCc3ccccc3F)ccc2c1. The van der Waals surface area contributed by atoms with Crippen LogP contribution in [-0.2, 0) is 11.2 Å². The number of benzene rings is 3. The molecule has 32 heavy (non-hydrogen) atoms. The lowest BCUT2D eigenvalue weighted by Gasteiger charge is -2.27. The summed E-state index contributed by atoms with van der Waals surface area (Å²) in [6.07, 6.45) is 1.16.